The number of nitrogens with zero attached hydrogens (tertiary/aromatic N) is 1. The maximum atomic E-state index is 12.7. The summed E-state index contributed by atoms with van der Waals surface area (Å²) in [5.41, 5.74) is 0.756. The smallest absolute Gasteiger partial charge is 0.207 e. The fraction of sp³-hybridized carbons (Fsp3) is 0.231. The van der Waals surface area contributed by atoms with Crippen molar-refractivity contribution in [3.8, 4) is 0 Å². The first-order valence-electron chi connectivity index (χ1n) is 5.89. The highest BCUT2D eigenvalue weighted by atomic mass is 79.9. The van der Waals surface area contributed by atoms with E-state index >= 15 is 0 Å². The van der Waals surface area contributed by atoms with E-state index in [4.69, 9.17) is 23.2 Å². The van der Waals surface area contributed by atoms with Crippen molar-refractivity contribution in [2.24, 2.45) is 0 Å². The molecule has 2 aromatic rings. The number of alkyl halides is 1. The summed E-state index contributed by atoms with van der Waals surface area (Å²) in [4.78, 5) is 1.10. The summed E-state index contributed by atoms with van der Waals surface area (Å²) >= 11 is 16.3. The fourth-order valence-electron chi connectivity index (χ4n) is 1.74. The number of hydrogen-bond donors (Lipinski definition) is 0. The molecular weight excluding hydrogens is 417 g/mol. The number of rotatable bonds is 5. The van der Waals surface area contributed by atoms with Crippen LogP contribution in [0.3, 0.4) is 0 Å². The summed E-state index contributed by atoms with van der Waals surface area (Å²) in [5, 5.41) is 0. The van der Waals surface area contributed by atoms with Gasteiger partial charge in [-0.25, -0.2) is 8.42 Å². The molecule has 21 heavy (non-hydrogen) atoms. The molecular formula is C13H12BrCl2NO2S2. The number of thiophene rings is 1. The van der Waals surface area contributed by atoms with Crippen LogP contribution >= 0.6 is 50.5 Å². The van der Waals surface area contributed by atoms with Gasteiger partial charge in [0, 0.05) is 28.8 Å². The van der Waals surface area contributed by atoms with Crippen LogP contribution in [0.25, 0.3) is 0 Å². The predicted molar refractivity (Wildman–Crippen MR) is 91.7 cm³/mol. The molecule has 8 heteroatoms. The largest absolute Gasteiger partial charge is 0.244 e. The third kappa shape index (κ3) is 4.00. The van der Waals surface area contributed by atoms with E-state index in [0.717, 1.165) is 10.4 Å². The molecule has 0 N–H and O–H groups in total. The molecule has 1 aromatic heterocycles. The van der Waals surface area contributed by atoms with Gasteiger partial charge in [0.25, 0.3) is 0 Å². The molecule has 0 unspecified atom stereocenters. The first kappa shape index (κ1) is 17.2. The molecule has 3 nitrogen and oxygen atoms in total. The lowest BCUT2D eigenvalue weighted by Crippen LogP contribution is -2.26. The SMILES string of the molecule is CN(Cc1ccc(Cl)s1)S(=O)(=O)c1cc(CCl)ccc1Br. The van der Waals surface area contributed by atoms with Crippen molar-refractivity contribution in [1.82, 2.24) is 4.31 Å². The normalized spacial score (nSPS) is 12.0. The van der Waals surface area contributed by atoms with E-state index in [-0.39, 0.29) is 17.3 Å². The quantitative estimate of drug-likeness (QED) is 0.645. The Bertz CT molecular complexity index is 746. The summed E-state index contributed by atoms with van der Waals surface area (Å²) < 4.78 is 27.8. The van der Waals surface area contributed by atoms with Crippen molar-refractivity contribution >= 4 is 60.5 Å². The van der Waals surface area contributed by atoms with Crippen molar-refractivity contribution in [2.45, 2.75) is 17.3 Å². The van der Waals surface area contributed by atoms with Gasteiger partial charge in [-0.15, -0.1) is 22.9 Å². The van der Waals surface area contributed by atoms with Crippen molar-refractivity contribution in [1.29, 1.82) is 0 Å². The molecule has 0 radical (unpaired) electrons. The average Bonchev–Trinajstić information content (AvgIpc) is 2.84. The zero-order chi connectivity index (χ0) is 15.6. The molecule has 1 aromatic carbocycles. The van der Waals surface area contributed by atoms with Crippen LogP contribution in [-0.2, 0) is 22.4 Å². The molecule has 0 aliphatic heterocycles. The highest BCUT2D eigenvalue weighted by molar-refractivity contribution is 9.10. The number of sulfonamides is 1. The van der Waals surface area contributed by atoms with Crippen LogP contribution in [0.2, 0.25) is 4.34 Å². The van der Waals surface area contributed by atoms with Gasteiger partial charge in [0.1, 0.15) is 0 Å². The molecule has 0 saturated carbocycles. The Balaban J connectivity index is 2.32. The summed E-state index contributed by atoms with van der Waals surface area (Å²) in [6, 6.07) is 8.65. The van der Waals surface area contributed by atoms with Gasteiger partial charge in [0.15, 0.2) is 0 Å². The second-order valence-electron chi connectivity index (χ2n) is 4.37. The van der Waals surface area contributed by atoms with Crippen molar-refractivity contribution in [3.05, 3.63) is 49.6 Å². The summed E-state index contributed by atoms with van der Waals surface area (Å²) in [6.07, 6.45) is 0. The first-order chi connectivity index (χ1) is 9.84. The van der Waals surface area contributed by atoms with Gasteiger partial charge in [0.05, 0.1) is 9.23 Å². The second-order valence-corrected chi connectivity index (χ2v) is 9.30. The van der Waals surface area contributed by atoms with Gasteiger partial charge in [-0.2, -0.15) is 4.31 Å². The van der Waals surface area contributed by atoms with E-state index in [0.29, 0.717) is 8.81 Å². The van der Waals surface area contributed by atoms with Crippen LogP contribution in [0.5, 0.6) is 0 Å². The lowest BCUT2D eigenvalue weighted by atomic mass is 10.2. The molecule has 2 rings (SSSR count). The Kier molecular flexibility index (Phi) is 5.73. The lowest BCUT2D eigenvalue weighted by Gasteiger charge is -2.18. The molecule has 0 spiro atoms. The van der Waals surface area contributed by atoms with Gasteiger partial charge in [-0.1, -0.05) is 17.7 Å². The Labute approximate surface area is 146 Å². The standard InChI is InChI=1S/C13H12BrCl2NO2S2/c1-17(8-10-3-5-13(16)20-10)21(18,19)12-6-9(7-15)2-4-11(12)14/h2-6H,7-8H2,1H3. The van der Waals surface area contributed by atoms with Gasteiger partial charge in [-0.3, -0.25) is 0 Å². The monoisotopic (exact) mass is 427 g/mol. The van der Waals surface area contributed by atoms with Crippen molar-refractivity contribution < 1.29 is 8.42 Å². The molecule has 0 aliphatic carbocycles. The van der Waals surface area contributed by atoms with Gasteiger partial charge in [-0.05, 0) is 45.8 Å². The molecule has 114 valence electrons. The molecule has 0 fully saturated rings. The fourth-order valence-corrected chi connectivity index (χ4v) is 5.25. The van der Waals surface area contributed by atoms with Crippen molar-refractivity contribution in [3.63, 3.8) is 0 Å². The van der Waals surface area contributed by atoms with E-state index in [1.165, 1.54) is 15.6 Å². The van der Waals surface area contributed by atoms with Crippen LogP contribution in [0.15, 0.2) is 39.7 Å². The van der Waals surface area contributed by atoms with E-state index in [1.807, 2.05) is 6.07 Å². The van der Waals surface area contributed by atoms with Gasteiger partial charge >= 0.3 is 0 Å². The topological polar surface area (TPSA) is 37.4 Å². The van der Waals surface area contributed by atoms with E-state index in [1.54, 1.807) is 31.3 Å². The van der Waals surface area contributed by atoms with E-state index < -0.39 is 10.0 Å². The van der Waals surface area contributed by atoms with Gasteiger partial charge in [0.2, 0.25) is 10.0 Å². The zero-order valence-electron chi connectivity index (χ0n) is 11.0. The minimum atomic E-state index is -3.60. The van der Waals surface area contributed by atoms with Crippen molar-refractivity contribution in [2.75, 3.05) is 7.05 Å². The molecule has 0 amide bonds. The van der Waals surface area contributed by atoms with Gasteiger partial charge < -0.3 is 0 Å². The minimum Gasteiger partial charge on any atom is -0.207 e. The zero-order valence-corrected chi connectivity index (χ0v) is 15.7. The first-order valence-corrected chi connectivity index (χ1v) is 9.85. The average molecular weight is 429 g/mol. The highest BCUT2D eigenvalue weighted by Crippen LogP contribution is 2.29. The van der Waals surface area contributed by atoms with Crippen LogP contribution in [-0.4, -0.2) is 19.8 Å². The minimum absolute atomic E-state index is 0.214. The molecule has 1 heterocycles. The maximum absolute atomic E-state index is 12.7. The Morgan fingerprint density at radius 3 is 2.57 bits per heavy atom. The number of hydrogen-bond acceptors (Lipinski definition) is 3. The molecule has 0 atom stereocenters. The predicted octanol–water partition coefficient (Wildman–Crippen LogP) is 4.72. The van der Waals surface area contributed by atoms with Crippen LogP contribution < -0.4 is 0 Å². The third-order valence-corrected chi connectivity index (χ3v) is 7.17. The molecule has 0 saturated heterocycles. The van der Waals surface area contributed by atoms with E-state index in [9.17, 15) is 8.42 Å². The summed E-state index contributed by atoms with van der Waals surface area (Å²) in [5.74, 6) is 0.264. The van der Waals surface area contributed by atoms with Crippen LogP contribution in [0.4, 0.5) is 0 Å². The maximum Gasteiger partial charge on any atom is 0.244 e. The highest BCUT2D eigenvalue weighted by Gasteiger charge is 2.24. The number of benzene rings is 1. The van der Waals surface area contributed by atoms with E-state index in [2.05, 4.69) is 15.9 Å². The summed E-state index contributed by atoms with van der Waals surface area (Å²) in [6.45, 7) is 0.275. The summed E-state index contributed by atoms with van der Waals surface area (Å²) in [7, 11) is -2.06. The Morgan fingerprint density at radius 2 is 2.00 bits per heavy atom. The lowest BCUT2D eigenvalue weighted by molar-refractivity contribution is 0.469. The molecule has 0 aliphatic rings. The van der Waals surface area contributed by atoms with Crippen LogP contribution in [0, 0.1) is 0 Å². The number of halogens is 3. The molecule has 0 bridgehead atoms. The Morgan fingerprint density at radius 1 is 1.29 bits per heavy atom. The van der Waals surface area contributed by atoms with Crippen LogP contribution in [0.1, 0.15) is 10.4 Å². The Hall–Kier alpha value is -0.110. The third-order valence-electron chi connectivity index (χ3n) is 2.85. The second kappa shape index (κ2) is 6.98.